The van der Waals surface area contributed by atoms with Crippen molar-refractivity contribution in [2.75, 3.05) is 26.3 Å². The summed E-state index contributed by atoms with van der Waals surface area (Å²) in [5.74, 6) is -0.911. The smallest absolute Gasteiger partial charge is 0.290 e. The average molecular weight is 576 g/mol. The first-order valence-electron chi connectivity index (χ1n) is 15.3. The predicted molar refractivity (Wildman–Crippen MR) is 167 cm³/mol. The molecule has 43 heavy (non-hydrogen) atoms. The number of fused-ring (bicyclic) bond motifs is 1. The number of Topliss-reactive ketones (excluding diaryl/α,β-unsaturated/α-hetero) is 1. The molecule has 220 valence electrons. The zero-order chi connectivity index (χ0) is 29.6. The van der Waals surface area contributed by atoms with Crippen molar-refractivity contribution >= 4 is 28.5 Å². The number of carbonyl (C=O) groups is 3. The Labute approximate surface area is 252 Å². The van der Waals surface area contributed by atoms with Crippen LogP contribution in [0.15, 0.2) is 84.9 Å². The molecule has 3 aromatic carbocycles. The zero-order valence-corrected chi connectivity index (χ0v) is 24.4. The third kappa shape index (κ3) is 6.09. The first-order chi connectivity index (χ1) is 21.1. The lowest BCUT2D eigenvalue weighted by Crippen LogP contribution is -2.59. The third-order valence-corrected chi connectivity index (χ3v) is 8.81. The highest BCUT2D eigenvalue weighted by molar-refractivity contribution is 6.36. The number of nitrogens with one attached hydrogen (secondary N) is 1. The Morgan fingerprint density at radius 3 is 2.37 bits per heavy atom. The summed E-state index contributed by atoms with van der Waals surface area (Å²) < 4.78 is 5.76. The van der Waals surface area contributed by atoms with E-state index < -0.39 is 11.4 Å². The van der Waals surface area contributed by atoms with Gasteiger partial charge < -0.3 is 15.0 Å². The SMILES string of the molecule is O=C1CCCN(C2(Cc3c(-c4ccccc4)nc4ccccc4c3C(=O)NCCCc3ccccc3)CCOCC2)C1=O. The minimum absolute atomic E-state index is 0.151. The highest BCUT2D eigenvalue weighted by Crippen LogP contribution is 2.39. The van der Waals surface area contributed by atoms with Gasteiger partial charge in [-0.15, -0.1) is 0 Å². The first-order valence-corrected chi connectivity index (χ1v) is 15.3. The normalized spacial score (nSPS) is 16.8. The number of aromatic nitrogens is 1. The van der Waals surface area contributed by atoms with Gasteiger partial charge >= 0.3 is 0 Å². The second kappa shape index (κ2) is 12.9. The first kappa shape index (κ1) is 28.7. The van der Waals surface area contributed by atoms with Gasteiger partial charge in [0.05, 0.1) is 22.3 Å². The van der Waals surface area contributed by atoms with Gasteiger partial charge in [-0.2, -0.15) is 0 Å². The number of nitrogens with zero attached hydrogens (tertiary/aromatic N) is 2. The Hall–Kier alpha value is -4.36. The topological polar surface area (TPSA) is 88.6 Å². The van der Waals surface area contributed by atoms with Crippen LogP contribution in [0.4, 0.5) is 0 Å². The van der Waals surface area contributed by atoms with Crippen molar-refractivity contribution in [3.63, 3.8) is 0 Å². The Morgan fingerprint density at radius 2 is 1.60 bits per heavy atom. The number of hydrogen-bond donors (Lipinski definition) is 1. The lowest BCUT2D eigenvalue weighted by atomic mass is 9.78. The molecule has 2 aliphatic rings. The molecule has 3 heterocycles. The Balaban J connectivity index is 1.44. The summed E-state index contributed by atoms with van der Waals surface area (Å²) in [6.07, 6.45) is 4.19. The van der Waals surface area contributed by atoms with E-state index in [1.807, 2.05) is 72.8 Å². The van der Waals surface area contributed by atoms with Gasteiger partial charge in [0.15, 0.2) is 0 Å². The fourth-order valence-electron chi connectivity index (χ4n) is 6.58. The lowest BCUT2D eigenvalue weighted by molar-refractivity contribution is -0.155. The van der Waals surface area contributed by atoms with Gasteiger partial charge in [0, 0.05) is 43.7 Å². The second-order valence-corrected chi connectivity index (χ2v) is 11.5. The van der Waals surface area contributed by atoms with E-state index in [-0.39, 0.29) is 18.1 Å². The Bertz CT molecular complexity index is 1610. The molecule has 2 fully saturated rings. The van der Waals surface area contributed by atoms with E-state index in [1.54, 1.807) is 4.90 Å². The van der Waals surface area contributed by atoms with Crippen molar-refractivity contribution in [2.45, 2.75) is 50.5 Å². The van der Waals surface area contributed by atoms with Crippen molar-refractivity contribution in [1.82, 2.24) is 15.2 Å². The number of para-hydroxylation sites is 1. The number of amides is 2. The van der Waals surface area contributed by atoms with Crippen LogP contribution >= 0.6 is 0 Å². The quantitative estimate of drug-likeness (QED) is 0.209. The summed E-state index contributed by atoms with van der Waals surface area (Å²) in [7, 11) is 0. The van der Waals surface area contributed by atoms with Crippen molar-refractivity contribution in [1.29, 1.82) is 0 Å². The summed E-state index contributed by atoms with van der Waals surface area (Å²) in [4.78, 5) is 47.1. The monoisotopic (exact) mass is 575 g/mol. The number of aryl methyl sites for hydroxylation is 1. The third-order valence-electron chi connectivity index (χ3n) is 8.81. The number of pyridine rings is 1. The number of ether oxygens (including phenoxy) is 1. The van der Waals surface area contributed by atoms with E-state index in [4.69, 9.17) is 9.72 Å². The maximum absolute atomic E-state index is 14.2. The number of ketones is 1. The fraction of sp³-hybridized carbons (Fsp3) is 0.333. The van der Waals surface area contributed by atoms with Crippen LogP contribution in [0.2, 0.25) is 0 Å². The molecule has 7 heteroatoms. The van der Waals surface area contributed by atoms with Crippen LogP contribution in [0, 0.1) is 0 Å². The molecule has 0 aliphatic carbocycles. The highest BCUT2D eigenvalue weighted by Gasteiger charge is 2.45. The zero-order valence-electron chi connectivity index (χ0n) is 24.4. The van der Waals surface area contributed by atoms with Crippen LogP contribution in [-0.4, -0.2) is 59.3 Å². The van der Waals surface area contributed by atoms with E-state index in [2.05, 4.69) is 17.4 Å². The molecule has 2 amide bonds. The van der Waals surface area contributed by atoms with Crippen LogP contribution in [0.25, 0.3) is 22.2 Å². The molecule has 0 saturated carbocycles. The summed E-state index contributed by atoms with van der Waals surface area (Å²) in [5, 5.41) is 3.98. The van der Waals surface area contributed by atoms with Gasteiger partial charge in [0.1, 0.15) is 0 Å². The number of benzene rings is 3. The van der Waals surface area contributed by atoms with Crippen molar-refractivity contribution in [3.05, 3.63) is 102 Å². The van der Waals surface area contributed by atoms with E-state index in [0.717, 1.165) is 40.6 Å². The molecular formula is C36H37N3O4. The number of piperidine rings is 1. The molecule has 1 N–H and O–H groups in total. The van der Waals surface area contributed by atoms with Gasteiger partial charge in [0.25, 0.3) is 11.8 Å². The lowest BCUT2D eigenvalue weighted by Gasteiger charge is -2.48. The number of rotatable bonds is 9. The van der Waals surface area contributed by atoms with Gasteiger partial charge in [-0.3, -0.25) is 14.4 Å². The summed E-state index contributed by atoms with van der Waals surface area (Å²) >= 11 is 0. The molecule has 2 aliphatic heterocycles. The minimum Gasteiger partial charge on any atom is -0.381 e. The van der Waals surface area contributed by atoms with Gasteiger partial charge in [-0.1, -0.05) is 78.9 Å². The maximum Gasteiger partial charge on any atom is 0.290 e. The highest BCUT2D eigenvalue weighted by atomic mass is 16.5. The van der Waals surface area contributed by atoms with Gasteiger partial charge in [-0.05, 0) is 55.7 Å². The van der Waals surface area contributed by atoms with Crippen molar-refractivity contribution < 1.29 is 19.1 Å². The van der Waals surface area contributed by atoms with Crippen molar-refractivity contribution in [2.24, 2.45) is 0 Å². The molecule has 2 saturated heterocycles. The molecule has 1 aromatic heterocycles. The molecule has 4 aromatic rings. The largest absolute Gasteiger partial charge is 0.381 e. The predicted octanol–water partition coefficient (Wildman–Crippen LogP) is 5.55. The Morgan fingerprint density at radius 1 is 0.907 bits per heavy atom. The number of carbonyl (C=O) groups excluding carboxylic acids is 3. The van der Waals surface area contributed by atoms with Crippen molar-refractivity contribution in [3.8, 4) is 11.3 Å². The van der Waals surface area contributed by atoms with Crippen LogP contribution in [0.1, 0.15) is 53.6 Å². The van der Waals surface area contributed by atoms with E-state index in [1.165, 1.54) is 5.56 Å². The van der Waals surface area contributed by atoms with Gasteiger partial charge in [0.2, 0.25) is 5.78 Å². The molecular weight excluding hydrogens is 538 g/mol. The summed E-state index contributed by atoms with van der Waals surface area (Å²) in [6.45, 7) is 2.02. The summed E-state index contributed by atoms with van der Waals surface area (Å²) in [5.41, 5.74) is 4.36. The molecule has 7 nitrogen and oxygen atoms in total. The minimum atomic E-state index is -0.651. The molecule has 0 bridgehead atoms. The molecule has 0 spiro atoms. The average Bonchev–Trinajstić information content (AvgIpc) is 3.05. The van der Waals surface area contributed by atoms with Crippen LogP contribution in [0.3, 0.4) is 0 Å². The van der Waals surface area contributed by atoms with E-state index >= 15 is 0 Å². The molecule has 0 unspecified atom stereocenters. The standard InChI is InChI=1S/C36H37N3O4/c40-31-18-10-22-39(35(31)42)36(19-23-43-24-20-36)25-29-32(34(41)37-21-9-13-26-11-3-1-4-12-26)28-16-7-8-17-30(28)38-33(29)27-14-5-2-6-15-27/h1-8,11-12,14-17H,9-10,13,18-25H2,(H,37,41). The number of likely N-dealkylation sites (tertiary alicyclic amines) is 1. The van der Waals surface area contributed by atoms with Crippen LogP contribution in [-0.2, 0) is 27.2 Å². The molecule has 0 atom stereocenters. The van der Waals surface area contributed by atoms with Gasteiger partial charge in [-0.25, -0.2) is 4.98 Å². The second-order valence-electron chi connectivity index (χ2n) is 11.5. The van der Waals surface area contributed by atoms with Crippen LogP contribution in [0.5, 0.6) is 0 Å². The maximum atomic E-state index is 14.2. The molecule has 0 radical (unpaired) electrons. The summed E-state index contributed by atoms with van der Waals surface area (Å²) in [6, 6.07) is 27.9. The van der Waals surface area contributed by atoms with Crippen LogP contribution < -0.4 is 5.32 Å². The van der Waals surface area contributed by atoms with E-state index in [9.17, 15) is 14.4 Å². The number of hydrogen-bond acceptors (Lipinski definition) is 5. The van der Waals surface area contributed by atoms with E-state index in [0.29, 0.717) is 57.6 Å². The Kier molecular flexibility index (Phi) is 8.61. The fourth-order valence-corrected chi connectivity index (χ4v) is 6.58. The molecule has 6 rings (SSSR count).